The summed E-state index contributed by atoms with van der Waals surface area (Å²) in [5, 5.41) is 2.10. The molecule has 3 rings (SSSR count). The van der Waals surface area contributed by atoms with Crippen LogP contribution >= 0.6 is 11.3 Å². The Labute approximate surface area is 116 Å². The van der Waals surface area contributed by atoms with Gasteiger partial charge in [-0.15, -0.1) is 11.3 Å². The van der Waals surface area contributed by atoms with Gasteiger partial charge in [-0.05, 0) is 28.6 Å². The molecule has 0 amide bonds. The second-order valence-corrected chi connectivity index (χ2v) is 5.45. The molecule has 1 unspecified atom stereocenters. The Bertz CT molecular complexity index is 560. The summed E-state index contributed by atoms with van der Waals surface area (Å²) in [7, 11) is 1.71. The highest BCUT2D eigenvalue weighted by atomic mass is 32.1. The quantitative estimate of drug-likeness (QED) is 0.897. The topological polar surface area (TPSA) is 33.3 Å². The van der Waals surface area contributed by atoms with Crippen molar-refractivity contribution in [3.05, 3.63) is 63.9 Å². The van der Waals surface area contributed by atoms with Crippen molar-refractivity contribution in [1.82, 2.24) is 10.9 Å². The number of benzene rings is 1. The first-order valence-corrected chi connectivity index (χ1v) is 7.10. The molecule has 0 saturated carbocycles. The van der Waals surface area contributed by atoms with E-state index in [1.807, 2.05) is 0 Å². The van der Waals surface area contributed by atoms with Crippen molar-refractivity contribution in [1.29, 1.82) is 0 Å². The summed E-state index contributed by atoms with van der Waals surface area (Å²) in [6, 6.07) is 12.9. The number of hydrogen-bond acceptors (Lipinski definition) is 4. The zero-order valence-electron chi connectivity index (χ0n) is 10.7. The molecule has 2 heterocycles. The Hall–Kier alpha value is -1.62. The van der Waals surface area contributed by atoms with Gasteiger partial charge in [0, 0.05) is 12.0 Å². The lowest BCUT2D eigenvalue weighted by molar-refractivity contribution is 0.185. The summed E-state index contributed by atoms with van der Waals surface area (Å²) in [6.45, 7) is 0.656. The number of thiophene rings is 1. The zero-order chi connectivity index (χ0) is 13.1. The molecule has 3 nitrogen and oxygen atoms in total. The summed E-state index contributed by atoms with van der Waals surface area (Å²) in [6.07, 6.45) is 2.22. The third-order valence-corrected chi connectivity index (χ3v) is 4.08. The van der Waals surface area contributed by atoms with Crippen LogP contribution in [0.25, 0.3) is 5.70 Å². The Kier molecular flexibility index (Phi) is 3.64. The smallest absolute Gasteiger partial charge is 0.0806 e. The highest BCUT2D eigenvalue weighted by Crippen LogP contribution is 2.27. The maximum atomic E-state index is 5.12. The van der Waals surface area contributed by atoms with Gasteiger partial charge in [-0.3, -0.25) is 0 Å². The van der Waals surface area contributed by atoms with E-state index in [2.05, 4.69) is 58.7 Å². The van der Waals surface area contributed by atoms with Crippen molar-refractivity contribution >= 4 is 17.0 Å². The molecular formula is C15H16N2OS. The molecule has 4 heteroatoms. The van der Waals surface area contributed by atoms with Crippen LogP contribution in [0, 0.1) is 0 Å². The molecule has 0 fully saturated rings. The fourth-order valence-electron chi connectivity index (χ4n) is 2.14. The lowest BCUT2D eigenvalue weighted by Crippen LogP contribution is -2.25. The van der Waals surface area contributed by atoms with Gasteiger partial charge < -0.3 is 10.2 Å². The van der Waals surface area contributed by atoms with Crippen molar-refractivity contribution in [3.8, 4) is 0 Å². The number of ether oxygens (including phenoxy) is 1. The monoisotopic (exact) mass is 272 g/mol. The van der Waals surface area contributed by atoms with Crippen LogP contribution in [-0.2, 0) is 11.3 Å². The molecule has 1 aromatic carbocycles. The van der Waals surface area contributed by atoms with Crippen molar-refractivity contribution in [3.63, 3.8) is 0 Å². The van der Waals surface area contributed by atoms with Gasteiger partial charge in [-0.2, -0.15) is 0 Å². The van der Waals surface area contributed by atoms with Gasteiger partial charge in [0.25, 0.3) is 0 Å². The van der Waals surface area contributed by atoms with Crippen LogP contribution in [0.4, 0.5) is 0 Å². The first-order chi connectivity index (χ1) is 9.36. The van der Waals surface area contributed by atoms with E-state index in [-0.39, 0.29) is 6.04 Å². The van der Waals surface area contributed by atoms with Gasteiger partial charge >= 0.3 is 0 Å². The molecular weight excluding hydrogens is 256 g/mol. The van der Waals surface area contributed by atoms with Crippen molar-refractivity contribution in [2.75, 3.05) is 7.11 Å². The number of methoxy groups -OCH3 is 1. The molecule has 1 aromatic heterocycles. The average molecular weight is 272 g/mol. The molecule has 0 aliphatic carbocycles. The minimum absolute atomic E-state index is 0.258. The zero-order valence-corrected chi connectivity index (χ0v) is 11.5. The van der Waals surface area contributed by atoms with Crippen LogP contribution in [0.15, 0.2) is 47.9 Å². The molecule has 1 aliphatic rings. The van der Waals surface area contributed by atoms with E-state index in [1.54, 1.807) is 18.4 Å². The normalized spacial score (nSPS) is 18.2. The molecule has 2 aromatic rings. The van der Waals surface area contributed by atoms with Crippen LogP contribution in [-0.4, -0.2) is 7.11 Å². The second-order valence-electron chi connectivity index (χ2n) is 4.47. The fraction of sp³-hybridized carbons (Fsp3) is 0.200. The molecule has 1 aliphatic heterocycles. The molecule has 2 N–H and O–H groups in total. The fourth-order valence-corrected chi connectivity index (χ4v) is 2.89. The first kappa shape index (κ1) is 12.4. The van der Waals surface area contributed by atoms with E-state index >= 15 is 0 Å². The summed E-state index contributed by atoms with van der Waals surface area (Å²) < 4.78 is 5.12. The Balaban J connectivity index is 1.77. The van der Waals surface area contributed by atoms with E-state index in [0.717, 1.165) is 5.70 Å². The largest absolute Gasteiger partial charge is 0.380 e. The molecule has 0 spiro atoms. The van der Waals surface area contributed by atoms with Crippen molar-refractivity contribution in [2.45, 2.75) is 12.6 Å². The van der Waals surface area contributed by atoms with Crippen LogP contribution in [0.3, 0.4) is 0 Å². The maximum absolute atomic E-state index is 5.12. The van der Waals surface area contributed by atoms with E-state index in [1.165, 1.54) is 16.0 Å². The lowest BCUT2D eigenvalue weighted by atomic mass is 10.1. The van der Waals surface area contributed by atoms with Gasteiger partial charge in [0.1, 0.15) is 0 Å². The third kappa shape index (κ3) is 2.71. The van der Waals surface area contributed by atoms with Crippen molar-refractivity contribution < 1.29 is 4.74 Å². The minimum atomic E-state index is 0.258. The Morgan fingerprint density at radius 3 is 2.74 bits per heavy atom. The van der Waals surface area contributed by atoms with Crippen LogP contribution in [0.2, 0.25) is 0 Å². The number of hydrazine groups is 1. The number of hydrogen-bond donors (Lipinski definition) is 2. The summed E-state index contributed by atoms with van der Waals surface area (Å²) in [4.78, 5) is 1.32. The highest BCUT2D eigenvalue weighted by Gasteiger charge is 2.17. The molecule has 98 valence electrons. The van der Waals surface area contributed by atoms with Crippen LogP contribution in [0.5, 0.6) is 0 Å². The number of rotatable bonds is 4. The second kappa shape index (κ2) is 5.57. The first-order valence-electron chi connectivity index (χ1n) is 6.22. The van der Waals surface area contributed by atoms with Crippen molar-refractivity contribution in [2.24, 2.45) is 0 Å². The minimum Gasteiger partial charge on any atom is -0.380 e. The summed E-state index contributed by atoms with van der Waals surface area (Å²) >= 11 is 1.76. The molecule has 19 heavy (non-hydrogen) atoms. The molecule has 1 atom stereocenters. The predicted molar refractivity (Wildman–Crippen MR) is 78.5 cm³/mol. The standard InChI is InChI=1S/C15H16N2OS/c1-18-10-11-4-6-12(7-5-11)13-9-14(17-16-13)15-3-2-8-19-15/h2-9,14,16-17H,10H2,1H3. The van der Waals surface area contributed by atoms with Gasteiger partial charge in [-0.25, -0.2) is 5.43 Å². The van der Waals surface area contributed by atoms with E-state index < -0.39 is 0 Å². The van der Waals surface area contributed by atoms with Crippen LogP contribution < -0.4 is 10.9 Å². The summed E-state index contributed by atoms with van der Waals surface area (Å²) in [5.74, 6) is 0. The molecule has 0 bridgehead atoms. The Morgan fingerprint density at radius 1 is 1.21 bits per heavy atom. The predicted octanol–water partition coefficient (Wildman–Crippen LogP) is 3.08. The Morgan fingerprint density at radius 2 is 2.05 bits per heavy atom. The lowest BCUT2D eigenvalue weighted by Gasteiger charge is -2.06. The van der Waals surface area contributed by atoms with Gasteiger partial charge in [0.05, 0.1) is 18.3 Å². The highest BCUT2D eigenvalue weighted by molar-refractivity contribution is 7.10. The van der Waals surface area contributed by atoms with Gasteiger partial charge in [0.15, 0.2) is 0 Å². The van der Waals surface area contributed by atoms with E-state index in [0.29, 0.717) is 6.61 Å². The van der Waals surface area contributed by atoms with E-state index in [9.17, 15) is 0 Å². The molecule has 0 saturated heterocycles. The molecule has 0 radical (unpaired) electrons. The maximum Gasteiger partial charge on any atom is 0.0806 e. The van der Waals surface area contributed by atoms with Gasteiger partial charge in [0.2, 0.25) is 0 Å². The number of nitrogens with one attached hydrogen (secondary N) is 2. The summed E-state index contributed by atoms with van der Waals surface area (Å²) in [5.41, 5.74) is 10.0. The van der Waals surface area contributed by atoms with Crippen LogP contribution in [0.1, 0.15) is 22.0 Å². The SMILES string of the molecule is COCc1ccc(C2=CC(c3cccs3)NN2)cc1. The average Bonchev–Trinajstić information content (AvgIpc) is 3.11. The van der Waals surface area contributed by atoms with Gasteiger partial charge in [-0.1, -0.05) is 30.3 Å². The van der Waals surface area contributed by atoms with E-state index in [4.69, 9.17) is 4.74 Å². The third-order valence-electron chi connectivity index (χ3n) is 3.12.